The fourth-order valence-corrected chi connectivity index (χ4v) is 1.61. The Bertz CT molecular complexity index is 335. The Balaban J connectivity index is 0.00000169. The van der Waals surface area contributed by atoms with Gasteiger partial charge >= 0.3 is 5.97 Å². The zero-order valence-electron chi connectivity index (χ0n) is 7.28. The fraction of sp³-hybridized carbons (Fsp3) is 0.125. The second-order valence-corrected chi connectivity index (χ2v) is 3.29. The number of carbonyl (C=O) groups is 1. The van der Waals surface area contributed by atoms with Gasteiger partial charge in [-0.1, -0.05) is 29.6 Å². The number of anilines is 1. The van der Waals surface area contributed by atoms with E-state index in [1.807, 2.05) is 0 Å². The molecule has 0 aromatic heterocycles. The average Bonchev–Trinajstić information content (AvgIpc) is 2.08. The lowest BCUT2D eigenvalue weighted by Crippen LogP contribution is -2.01. The molecule has 1 aromatic carbocycles. The molecule has 0 radical (unpaired) electrons. The van der Waals surface area contributed by atoms with Gasteiger partial charge in [0.25, 0.3) is 0 Å². The topological polar surface area (TPSA) is 49.3 Å². The number of carboxylic acid groups (broad SMARTS) is 1. The van der Waals surface area contributed by atoms with Gasteiger partial charge in [-0.05, 0) is 12.1 Å². The van der Waals surface area contributed by atoms with Crippen LogP contribution in [-0.2, 0) is 0 Å². The highest BCUT2D eigenvalue weighted by molar-refractivity contribution is 7.99. The summed E-state index contributed by atoms with van der Waals surface area (Å²) in [4.78, 5) is 10.7. The third kappa shape index (κ3) is 2.78. The van der Waals surface area contributed by atoms with Crippen LogP contribution in [0.5, 0.6) is 0 Å². The number of carboxylic acids is 1. The van der Waals surface area contributed by atoms with Crippen LogP contribution in [0.3, 0.4) is 0 Å². The molecule has 0 spiro atoms. The summed E-state index contributed by atoms with van der Waals surface area (Å²) in [5, 5.41) is 9.22. The first-order chi connectivity index (χ1) is 6.16. The molecule has 0 aliphatic carbocycles. The van der Waals surface area contributed by atoms with Crippen molar-refractivity contribution in [1.82, 2.24) is 0 Å². The summed E-state index contributed by atoms with van der Waals surface area (Å²) in [6.45, 7) is 0. The molecule has 2 N–H and O–H groups in total. The first-order valence-corrected chi connectivity index (χ1v) is 5.08. The minimum Gasteiger partial charge on any atom is -0.478 e. The predicted molar refractivity (Wildman–Crippen MR) is 58.1 cm³/mol. The Hall–Kier alpha value is -0.940. The normalized spacial score (nSPS) is 9.00. The maximum absolute atomic E-state index is 10.7. The third-order valence-corrected chi connectivity index (χ3v) is 2.17. The van der Waals surface area contributed by atoms with Crippen LogP contribution in [0.15, 0.2) is 18.2 Å². The van der Waals surface area contributed by atoms with E-state index in [1.54, 1.807) is 18.4 Å². The van der Waals surface area contributed by atoms with Crippen molar-refractivity contribution in [2.24, 2.45) is 0 Å². The monoisotopic (exact) mass is 237 g/mol. The summed E-state index contributed by atoms with van der Waals surface area (Å²) >= 11 is 7.12. The van der Waals surface area contributed by atoms with Crippen molar-refractivity contribution < 1.29 is 14.6 Å². The summed E-state index contributed by atoms with van der Waals surface area (Å²) in [5.41, 5.74) is 0.631. The van der Waals surface area contributed by atoms with Crippen LogP contribution in [0.25, 0.3) is 0 Å². The van der Waals surface area contributed by atoms with Crippen molar-refractivity contribution in [2.75, 3.05) is 11.0 Å². The van der Waals surface area contributed by atoms with Crippen LogP contribution in [0, 0.1) is 0 Å². The molecule has 0 amide bonds. The standard InChI is InChI=1S/C8H8ClNO2S.FH/c1-13-10-7-5(8(11)12)3-2-4-6(7)9;/h2-4,10H,1H3,(H,11,12);1H. The maximum atomic E-state index is 10.7. The number of halogens is 2. The third-order valence-electron chi connectivity index (χ3n) is 1.45. The Morgan fingerprint density at radius 1 is 1.57 bits per heavy atom. The maximum Gasteiger partial charge on any atom is 0.337 e. The van der Waals surface area contributed by atoms with E-state index in [9.17, 15) is 4.79 Å². The summed E-state index contributed by atoms with van der Waals surface area (Å²) in [6, 6.07) is 4.76. The number of hydrogen-bond acceptors (Lipinski definition) is 3. The van der Waals surface area contributed by atoms with Crippen LogP contribution >= 0.6 is 23.5 Å². The Morgan fingerprint density at radius 3 is 2.71 bits per heavy atom. The first-order valence-electron chi connectivity index (χ1n) is 3.47. The fourth-order valence-electron chi connectivity index (χ4n) is 0.908. The van der Waals surface area contributed by atoms with E-state index in [2.05, 4.69) is 4.72 Å². The lowest BCUT2D eigenvalue weighted by atomic mass is 10.2. The highest BCUT2D eigenvalue weighted by Crippen LogP contribution is 2.27. The number of aromatic carboxylic acids is 1. The zero-order chi connectivity index (χ0) is 9.84. The van der Waals surface area contributed by atoms with Crippen molar-refractivity contribution in [3.05, 3.63) is 28.8 Å². The minimum absolute atomic E-state index is 0. The second kappa shape index (κ2) is 5.72. The van der Waals surface area contributed by atoms with Gasteiger partial charge in [-0.15, -0.1) is 0 Å². The Morgan fingerprint density at radius 2 is 2.21 bits per heavy atom. The van der Waals surface area contributed by atoms with Gasteiger partial charge < -0.3 is 9.83 Å². The summed E-state index contributed by atoms with van der Waals surface area (Å²) < 4.78 is 2.83. The molecule has 0 atom stereocenters. The highest BCUT2D eigenvalue weighted by Gasteiger charge is 2.11. The largest absolute Gasteiger partial charge is 0.478 e. The van der Waals surface area contributed by atoms with Gasteiger partial charge in [0.15, 0.2) is 0 Å². The molecular formula is C8H9ClFNO2S. The van der Waals surface area contributed by atoms with E-state index in [1.165, 1.54) is 18.0 Å². The smallest absolute Gasteiger partial charge is 0.337 e. The molecule has 0 unspecified atom stereocenters. The quantitative estimate of drug-likeness (QED) is 0.794. The van der Waals surface area contributed by atoms with Crippen molar-refractivity contribution in [2.45, 2.75) is 0 Å². The Kier molecular flexibility index (Phi) is 5.34. The van der Waals surface area contributed by atoms with E-state index in [0.29, 0.717) is 10.7 Å². The molecule has 1 aromatic rings. The van der Waals surface area contributed by atoms with Crippen LogP contribution in [-0.4, -0.2) is 17.3 Å². The summed E-state index contributed by atoms with van der Waals surface area (Å²) in [5.74, 6) is -0.987. The van der Waals surface area contributed by atoms with Crippen LogP contribution < -0.4 is 4.72 Å². The van der Waals surface area contributed by atoms with Gasteiger partial charge in [-0.25, -0.2) is 4.79 Å². The molecule has 14 heavy (non-hydrogen) atoms. The zero-order valence-corrected chi connectivity index (χ0v) is 8.85. The van der Waals surface area contributed by atoms with E-state index in [-0.39, 0.29) is 10.3 Å². The van der Waals surface area contributed by atoms with Crippen molar-refractivity contribution in [1.29, 1.82) is 0 Å². The van der Waals surface area contributed by atoms with E-state index < -0.39 is 5.97 Å². The van der Waals surface area contributed by atoms with E-state index >= 15 is 0 Å². The lowest BCUT2D eigenvalue weighted by Gasteiger charge is -2.07. The summed E-state index contributed by atoms with van der Waals surface area (Å²) in [6.07, 6.45) is 1.80. The Labute approximate surface area is 90.0 Å². The predicted octanol–water partition coefficient (Wildman–Crippen LogP) is 2.88. The molecule has 78 valence electrons. The van der Waals surface area contributed by atoms with Gasteiger partial charge in [-0.2, -0.15) is 0 Å². The van der Waals surface area contributed by atoms with Gasteiger partial charge in [0.1, 0.15) is 0 Å². The molecule has 1 rings (SSSR count). The summed E-state index contributed by atoms with van der Waals surface area (Å²) in [7, 11) is 0. The first kappa shape index (κ1) is 13.1. The van der Waals surface area contributed by atoms with Crippen molar-refractivity contribution in [3.8, 4) is 0 Å². The molecule has 0 saturated carbocycles. The van der Waals surface area contributed by atoms with Gasteiger partial charge in [0.2, 0.25) is 0 Å². The second-order valence-electron chi connectivity index (χ2n) is 2.27. The SMILES string of the molecule is CSNc1c(Cl)cccc1C(=O)O.F. The number of benzene rings is 1. The van der Waals surface area contributed by atoms with Crippen molar-refractivity contribution >= 4 is 35.2 Å². The van der Waals surface area contributed by atoms with Crippen LogP contribution in [0.1, 0.15) is 10.4 Å². The van der Waals surface area contributed by atoms with Crippen LogP contribution in [0.4, 0.5) is 10.4 Å². The minimum atomic E-state index is -0.987. The van der Waals surface area contributed by atoms with Crippen molar-refractivity contribution in [3.63, 3.8) is 0 Å². The highest BCUT2D eigenvalue weighted by atomic mass is 35.5. The molecule has 0 aliphatic rings. The van der Waals surface area contributed by atoms with E-state index in [0.717, 1.165) is 0 Å². The number of nitrogens with one attached hydrogen (secondary N) is 1. The van der Waals surface area contributed by atoms with Crippen LogP contribution in [0.2, 0.25) is 5.02 Å². The number of para-hydroxylation sites is 1. The number of rotatable bonds is 3. The van der Waals surface area contributed by atoms with Gasteiger partial charge in [-0.3, -0.25) is 4.70 Å². The van der Waals surface area contributed by atoms with Gasteiger partial charge in [0, 0.05) is 6.26 Å². The molecular weight excluding hydrogens is 229 g/mol. The lowest BCUT2D eigenvalue weighted by molar-refractivity contribution is 0.0698. The molecule has 6 heteroatoms. The van der Waals surface area contributed by atoms with Gasteiger partial charge in [0.05, 0.1) is 16.3 Å². The van der Waals surface area contributed by atoms with E-state index in [4.69, 9.17) is 16.7 Å². The molecule has 0 aliphatic heterocycles. The average molecular weight is 238 g/mol. The number of hydrogen-bond donors (Lipinski definition) is 2. The molecule has 0 saturated heterocycles. The molecule has 0 bridgehead atoms. The molecule has 0 fully saturated rings. The molecule has 3 nitrogen and oxygen atoms in total. The molecule has 0 heterocycles.